The first-order chi connectivity index (χ1) is 12.9. The third-order valence-corrected chi connectivity index (χ3v) is 4.34. The van der Waals surface area contributed by atoms with Gasteiger partial charge in [-0.15, -0.1) is 0 Å². The van der Waals surface area contributed by atoms with E-state index in [-0.39, 0.29) is 0 Å². The second kappa shape index (κ2) is 5.97. The summed E-state index contributed by atoms with van der Waals surface area (Å²) in [6.45, 7) is 0. The van der Waals surface area contributed by atoms with Gasteiger partial charge >= 0.3 is 0 Å². The molecule has 5 rings (SSSR count). The van der Waals surface area contributed by atoms with Crippen LogP contribution in [0.5, 0.6) is 0 Å². The van der Waals surface area contributed by atoms with E-state index in [1.54, 1.807) is 6.33 Å². The van der Waals surface area contributed by atoms with Crippen LogP contribution in [-0.4, -0.2) is 24.9 Å². The fourth-order valence-corrected chi connectivity index (χ4v) is 3.06. The minimum absolute atomic E-state index is 0.692. The number of imidazole rings is 2. The molecule has 0 bridgehead atoms. The Kier molecular flexibility index (Phi) is 3.35. The van der Waals surface area contributed by atoms with E-state index in [2.05, 4.69) is 32.1 Å². The number of H-pyrrole nitrogens is 2. The van der Waals surface area contributed by atoms with E-state index >= 15 is 0 Å². The molecule has 5 heteroatoms. The Morgan fingerprint density at radius 2 is 1.42 bits per heavy atom. The Morgan fingerprint density at radius 3 is 2.19 bits per heavy atom. The second-order valence-corrected chi connectivity index (χ2v) is 6.01. The minimum Gasteiger partial charge on any atom is -0.343 e. The molecule has 3 aromatic heterocycles. The summed E-state index contributed by atoms with van der Waals surface area (Å²) >= 11 is 0. The van der Waals surface area contributed by atoms with Crippen LogP contribution in [0.2, 0.25) is 0 Å². The molecule has 0 atom stereocenters. The second-order valence-electron chi connectivity index (χ2n) is 6.01. The van der Waals surface area contributed by atoms with Crippen LogP contribution in [0.25, 0.3) is 45.2 Å². The lowest BCUT2D eigenvalue weighted by atomic mass is 10.1. The first kappa shape index (κ1) is 14.6. The molecule has 0 radical (unpaired) electrons. The molecule has 3 heterocycles. The van der Waals surface area contributed by atoms with Crippen molar-refractivity contribution in [3.63, 3.8) is 0 Å². The van der Waals surface area contributed by atoms with Crippen molar-refractivity contribution in [2.24, 2.45) is 0 Å². The van der Waals surface area contributed by atoms with Crippen molar-refractivity contribution in [3.05, 3.63) is 79.1 Å². The molecule has 0 saturated carbocycles. The topological polar surface area (TPSA) is 70.2 Å². The first-order valence-corrected chi connectivity index (χ1v) is 8.40. The standard InChI is InChI=1S/C21H15N5/c1-3-7-14(8-4-1)18-19(16-11-12-17-21(24-16)23-13-22-17)26-20(25-18)15-9-5-2-6-10-15/h1-13H,(H,25,26)(H,22,23,24). The van der Waals surface area contributed by atoms with E-state index in [0.717, 1.165) is 39.5 Å². The Hall–Kier alpha value is -3.73. The summed E-state index contributed by atoms with van der Waals surface area (Å²) in [5.74, 6) is 0.823. The van der Waals surface area contributed by atoms with E-state index in [0.29, 0.717) is 5.65 Å². The van der Waals surface area contributed by atoms with E-state index < -0.39 is 0 Å². The number of pyridine rings is 1. The van der Waals surface area contributed by atoms with Crippen LogP contribution in [-0.2, 0) is 0 Å². The van der Waals surface area contributed by atoms with Crippen molar-refractivity contribution < 1.29 is 0 Å². The van der Waals surface area contributed by atoms with Gasteiger partial charge in [-0.2, -0.15) is 0 Å². The number of benzene rings is 2. The maximum atomic E-state index is 4.87. The van der Waals surface area contributed by atoms with Crippen molar-refractivity contribution in [1.29, 1.82) is 0 Å². The number of fused-ring (bicyclic) bond motifs is 1. The predicted octanol–water partition coefficient (Wildman–Crippen LogP) is 4.68. The van der Waals surface area contributed by atoms with Crippen molar-refractivity contribution >= 4 is 11.2 Å². The van der Waals surface area contributed by atoms with E-state index in [1.807, 2.05) is 60.7 Å². The molecule has 5 aromatic rings. The number of aromatic amines is 2. The molecule has 0 saturated heterocycles. The fraction of sp³-hybridized carbons (Fsp3) is 0. The van der Waals surface area contributed by atoms with E-state index in [9.17, 15) is 0 Å². The minimum atomic E-state index is 0.692. The smallest absolute Gasteiger partial charge is 0.178 e. The maximum Gasteiger partial charge on any atom is 0.178 e. The summed E-state index contributed by atoms with van der Waals surface area (Å²) in [4.78, 5) is 20.4. The molecule has 2 N–H and O–H groups in total. The van der Waals surface area contributed by atoms with Crippen LogP contribution in [0.3, 0.4) is 0 Å². The van der Waals surface area contributed by atoms with Crippen molar-refractivity contribution in [3.8, 4) is 34.0 Å². The molecule has 0 fully saturated rings. The average molecular weight is 337 g/mol. The lowest BCUT2D eigenvalue weighted by Gasteiger charge is -2.02. The summed E-state index contributed by atoms with van der Waals surface area (Å²) in [5.41, 5.74) is 6.28. The number of nitrogens with one attached hydrogen (secondary N) is 2. The molecule has 5 nitrogen and oxygen atoms in total. The summed E-state index contributed by atoms with van der Waals surface area (Å²) in [6.07, 6.45) is 1.65. The van der Waals surface area contributed by atoms with Gasteiger partial charge in [0.25, 0.3) is 0 Å². The Bertz CT molecular complexity index is 1170. The molecule has 0 aliphatic rings. The highest BCUT2D eigenvalue weighted by molar-refractivity contribution is 5.82. The largest absolute Gasteiger partial charge is 0.343 e. The number of hydrogen-bond donors (Lipinski definition) is 2. The third kappa shape index (κ3) is 2.46. The average Bonchev–Trinajstić information content (AvgIpc) is 3.36. The monoisotopic (exact) mass is 337 g/mol. The van der Waals surface area contributed by atoms with E-state index in [1.165, 1.54) is 0 Å². The molecule has 0 unspecified atom stereocenters. The quantitative estimate of drug-likeness (QED) is 0.502. The zero-order chi connectivity index (χ0) is 17.3. The highest BCUT2D eigenvalue weighted by Gasteiger charge is 2.16. The maximum absolute atomic E-state index is 4.87. The van der Waals surface area contributed by atoms with Crippen LogP contribution < -0.4 is 0 Å². The van der Waals surface area contributed by atoms with E-state index in [4.69, 9.17) is 4.98 Å². The van der Waals surface area contributed by atoms with Crippen LogP contribution in [0.1, 0.15) is 0 Å². The van der Waals surface area contributed by atoms with Crippen LogP contribution in [0, 0.1) is 0 Å². The van der Waals surface area contributed by atoms with Gasteiger partial charge in [0.2, 0.25) is 0 Å². The molecule has 124 valence electrons. The zero-order valence-corrected chi connectivity index (χ0v) is 13.8. The van der Waals surface area contributed by atoms with Gasteiger partial charge in [0, 0.05) is 11.1 Å². The molecule has 26 heavy (non-hydrogen) atoms. The Labute approximate surface area is 149 Å². The van der Waals surface area contributed by atoms with Gasteiger partial charge in [0.1, 0.15) is 5.82 Å². The van der Waals surface area contributed by atoms with Crippen molar-refractivity contribution in [1.82, 2.24) is 24.9 Å². The summed E-state index contributed by atoms with van der Waals surface area (Å²) in [6, 6.07) is 24.2. The molecular weight excluding hydrogens is 322 g/mol. The SMILES string of the molecule is c1ccc(-c2nc(-c3ccccc3)c(-c3ccc4[nH]cnc4n3)[nH]2)cc1. The number of nitrogens with zero attached hydrogens (tertiary/aromatic N) is 3. The number of hydrogen-bond acceptors (Lipinski definition) is 3. The molecule has 0 aliphatic carbocycles. The molecule has 0 spiro atoms. The van der Waals surface area contributed by atoms with Gasteiger partial charge in [0.05, 0.1) is 28.9 Å². The van der Waals surface area contributed by atoms with Gasteiger partial charge in [0.15, 0.2) is 5.65 Å². The molecule has 0 aliphatic heterocycles. The summed E-state index contributed by atoms with van der Waals surface area (Å²) < 4.78 is 0. The lowest BCUT2D eigenvalue weighted by Crippen LogP contribution is -1.88. The summed E-state index contributed by atoms with van der Waals surface area (Å²) in [7, 11) is 0. The Balaban J connectivity index is 1.73. The molecular formula is C21H15N5. The Morgan fingerprint density at radius 1 is 0.692 bits per heavy atom. The highest BCUT2D eigenvalue weighted by Crippen LogP contribution is 2.32. The van der Waals surface area contributed by atoms with Gasteiger partial charge in [-0.3, -0.25) is 0 Å². The van der Waals surface area contributed by atoms with Crippen LogP contribution in [0.15, 0.2) is 79.1 Å². The lowest BCUT2D eigenvalue weighted by molar-refractivity contribution is 1.27. The molecule has 2 aromatic carbocycles. The third-order valence-electron chi connectivity index (χ3n) is 4.34. The van der Waals surface area contributed by atoms with Crippen LogP contribution >= 0.6 is 0 Å². The van der Waals surface area contributed by atoms with Crippen molar-refractivity contribution in [2.75, 3.05) is 0 Å². The number of rotatable bonds is 3. The number of aromatic nitrogens is 5. The van der Waals surface area contributed by atoms with Gasteiger partial charge < -0.3 is 9.97 Å². The van der Waals surface area contributed by atoms with Gasteiger partial charge in [-0.1, -0.05) is 60.7 Å². The van der Waals surface area contributed by atoms with Gasteiger partial charge in [-0.05, 0) is 12.1 Å². The van der Waals surface area contributed by atoms with Crippen LogP contribution in [0.4, 0.5) is 0 Å². The van der Waals surface area contributed by atoms with Gasteiger partial charge in [-0.25, -0.2) is 15.0 Å². The first-order valence-electron chi connectivity index (χ1n) is 8.40. The van der Waals surface area contributed by atoms with Crippen molar-refractivity contribution in [2.45, 2.75) is 0 Å². The molecule has 0 amide bonds. The normalized spacial score (nSPS) is 11.1. The zero-order valence-electron chi connectivity index (χ0n) is 13.8. The highest BCUT2D eigenvalue weighted by atomic mass is 15.0. The fourth-order valence-electron chi connectivity index (χ4n) is 3.06. The predicted molar refractivity (Wildman–Crippen MR) is 102 cm³/mol. The summed E-state index contributed by atoms with van der Waals surface area (Å²) in [5, 5.41) is 0.